The van der Waals surface area contributed by atoms with Gasteiger partial charge < -0.3 is 25.8 Å². The fraction of sp³-hybridized carbons (Fsp3) is 0.259. The number of carbonyl (C=O) groups is 2. The lowest BCUT2D eigenvalue weighted by atomic mass is 9.95. The van der Waals surface area contributed by atoms with E-state index in [2.05, 4.69) is 24.6 Å². The van der Waals surface area contributed by atoms with Crippen LogP contribution in [0.25, 0.3) is 0 Å². The van der Waals surface area contributed by atoms with Crippen molar-refractivity contribution < 1.29 is 32.2 Å². The topological polar surface area (TPSA) is 103 Å². The number of ether oxygens (including phenoxy) is 2. The third kappa shape index (κ3) is 7.16. The van der Waals surface area contributed by atoms with E-state index in [9.17, 15) is 22.8 Å². The molecule has 196 valence electrons. The zero-order valence-electron chi connectivity index (χ0n) is 20.5. The summed E-state index contributed by atoms with van der Waals surface area (Å²) in [7, 11) is 0. The molecule has 0 aliphatic carbocycles. The minimum Gasteiger partial charge on any atom is -0.493 e. The minimum absolute atomic E-state index is 0.0500. The number of fused-ring (bicyclic) bond motifs is 1. The van der Waals surface area contributed by atoms with Crippen molar-refractivity contribution in [2.24, 2.45) is 5.73 Å². The fourth-order valence-electron chi connectivity index (χ4n) is 3.87. The number of urea groups is 1. The molecule has 2 heterocycles. The average Bonchev–Trinajstić information content (AvgIpc) is 2.83. The lowest BCUT2D eigenvalue weighted by Gasteiger charge is -2.24. The highest BCUT2D eigenvalue weighted by Gasteiger charge is 2.21. The molecule has 0 saturated heterocycles. The van der Waals surface area contributed by atoms with Crippen LogP contribution in [-0.2, 0) is 4.79 Å². The first-order valence-electron chi connectivity index (χ1n) is 11.6. The Kier molecular flexibility index (Phi) is 9.00. The predicted octanol–water partition coefficient (Wildman–Crippen LogP) is 5.80. The Morgan fingerprint density at radius 2 is 1.92 bits per heavy atom. The molecule has 7 nitrogen and oxygen atoms in total. The third-order valence-corrected chi connectivity index (χ3v) is 5.76. The monoisotopic (exact) mass is 515 g/mol. The SMILES string of the molecule is C=C/C=C(/Oc1ccc2c(c1)C(C)CCO2)C1=C(C)NC(=O)CC1.NC(=O)Nc1cc(F)c(F)cc1F. The van der Waals surface area contributed by atoms with Crippen LogP contribution in [0.15, 0.2) is 66.1 Å². The Balaban J connectivity index is 0.000000248. The number of rotatable bonds is 5. The number of carbonyl (C=O) groups excluding carboxylic acids is 2. The normalized spacial score (nSPS) is 16.9. The van der Waals surface area contributed by atoms with E-state index >= 15 is 0 Å². The Labute approximate surface area is 212 Å². The molecular formula is C27H28F3N3O4. The number of nitrogens with two attached hydrogens (primary N) is 1. The second-order valence-corrected chi connectivity index (χ2v) is 8.49. The summed E-state index contributed by atoms with van der Waals surface area (Å²) in [6.07, 6.45) is 5.70. The van der Waals surface area contributed by atoms with Gasteiger partial charge in [-0.1, -0.05) is 19.6 Å². The van der Waals surface area contributed by atoms with Crippen LogP contribution < -0.4 is 25.8 Å². The van der Waals surface area contributed by atoms with E-state index in [0.29, 0.717) is 30.9 Å². The zero-order valence-corrected chi connectivity index (χ0v) is 20.5. The number of anilines is 1. The molecule has 0 radical (unpaired) electrons. The molecule has 37 heavy (non-hydrogen) atoms. The predicted molar refractivity (Wildman–Crippen MR) is 133 cm³/mol. The van der Waals surface area contributed by atoms with Crippen LogP contribution in [0, 0.1) is 17.5 Å². The molecule has 0 bridgehead atoms. The number of nitrogens with one attached hydrogen (secondary N) is 2. The Morgan fingerprint density at radius 1 is 1.19 bits per heavy atom. The molecule has 1 atom stereocenters. The number of allylic oxidation sites excluding steroid dienone is 4. The first-order valence-corrected chi connectivity index (χ1v) is 11.6. The molecular weight excluding hydrogens is 487 g/mol. The van der Waals surface area contributed by atoms with E-state index in [-0.39, 0.29) is 5.91 Å². The number of hydrogen-bond donors (Lipinski definition) is 3. The van der Waals surface area contributed by atoms with Crippen LogP contribution >= 0.6 is 0 Å². The molecule has 0 aromatic heterocycles. The second-order valence-electron chi connectivity index (χ2n) is 8.49. The van der Waals surface area contributed by atoms with Crippen LogP contribution in [0.1, 0.15) is 44.6 Å². The molecule has 2 aromatic carbocycles. The van der Waals surface area contributed by atoms with Gasteiger partial charge in [0.05, 0.1) is 12.3 Å². The molecule has 0 saturated carbocycles. The number of primary amides is 1. The van der Waals surface area contributed by atoms with E-state index in [1.165, 1.54) is 5.56 Å². The van der Waals surface area contributed by atoms with Gasteiger partial charge in [0.15, 0.2) is 11.6 Å². The molecule has 10 heteroatoms. The van der Waals surface area contributed by atoms with Crippen LogP contribution in [0.3, 0.4) is 0 Å². The molecule has 4 N–H and O–H groups in total. The van der Waals surface area contributed by atoms with E-state index in [0.717, 1.165) is 41.6 Å². The van der Waals surface area contributed by atoms with Gasteiger partial charge in [-0.3, -0.25) is 4.79 Å². The number of benzene rings is 2. The third-order valence-electron chi connectivity index (χ3n) is 5.76. The van der Waals surface area contributed by atoms with Crippen molar-refractivity contribution in [3.8, 4) is 11.5 Å². The Morgan fingerprint density at radius 3 is 2.59 bits per heavy atom. The maximum absolute atomic E-state index is 12.7. The molecule has 2 aliphatic heterocycles. The largest absolute Gasteiger partial charge is 0.493 e. The van der Waals surface area contributed by atoms with Gasteiger partial charge in [0, 0.05) is 35.4 Å². The number of amides is 3. The van der Waals surface area contributed by atoms with Crippen molar-refractivity contribution in [3.05, 3.63) is 89.1 Å². The van der Waals surface area contributed by atoms with Crippen LogP contribution in [0.4, 0.5) is 23.7 Å². The average molecular weight is 516 g/mol. The summed E-state index contributed by atoms with van der Waals surface area (Å²) in [6.45, 7) is 8.64. The molecule has 4 rings (SSSR count). The summed E-state index contributed by atoms with van der Waals surface area (Å²) in [4.78, 5) is 21.8. The van der Waals surface area contributed by atoms with Gasteiger partial charge in [0.1, 0.15) is 23.1 Å². The molecule has 0 fully saturated rings. The maximum Gasteiger partial charge on any atom is 0.316 e. The van der Waals surface area contributed by atoms with E-state index in [1.54, 1.807) is 11.4 Å². The van der Waals surface area contributed by atoms with E-state index in [4.69, 9.17) is 9.47 Å². The highest BCUT2D eigenvalue weighted by molar-refractivity contribution is 5.87. The molecule has 0 spiro atoms. The van der Waals surface area contributed by atoms with Crippen LogP contribution in [0.2, 0.25) is 0 Å². The van der Waals surface area contributed by atoms with Gasteiger partial charge >= 0.3 is 6.03 Å². The maximum atomic E-state index is 12.7. The number of hydrogen-bond acceptors (Lipinski definition) is 4. The smallest absolute Gasteiger partial charge is 0.316 e. The quantitative estimate of drug-likeness (QED) is 0.266. The summed E-state index contributed by atoms with van der Waals surface area (Å²) in [5, 5.41) is 4.67. The number of halogens is 3. The van der Waals surface area contributed by atoms with Crippen molar-refractivity contribution in [3.63, 3.8) is 0 Å². The summed E-state index contributed by atoms with van der Waals surface area (Å²) in [5.74, 6) is -0.720. The van der Waals surface area contributed by atoms with Crippen molar-refractivity contribution in [1.29, 1.82) is 0 Å². The highest BCUT2D eigenvalue weighted by Crippen LogP contribution is 2.37. The van der Waals surface area contributed by atoms with Crippen LogP contribution in [-0.4, -0.2) is 18.5 Å². The van der Waals surface area contributed by atoms with E-state index < -0.39 is 29.2 Å². The molecule has 1 unspecified atom stereocenters. The van der Waals surface area contributed by atoms with Gasteiger partial charge in [-0.15, -0.1) is 0 Å². The summed E-state index contributed by atoms with van der Waals surface area (Å²) >= 11 is 0. The Bertz CT molecular complexity index is 1270. The first-order chi connectivity index (χ1) is 17.6. The second kappa shape index (κ2) is 12.2. The first kappa shape index (κ1) is 27.4. The van der Waals surface area contributed by atoms with Crippen molar-refractivity contribution >= 4 is 17.6 Å². The zero-order chi connectivity index (χ0) is 27.1. The lowest BCUT2D eigenvalue weighted by molar-refractivity contribution is -0.120. The summed E-state index contributed by atoms with van der Waals surface area (Å²) < 4.78 is 49.4. The minimum atomic E-state index is -1.33. The van der Waals surface area contributed by atoms with E-state index in [1.807, 2.05) is 31.2 Å². The summed E-state index contributed by atoms with van der Waals surface area (Å²) in [6, 6.07) is 5.72. The lowest BCUT2D eigenvalue weighted by Crippen LogP contribution is -2.27. The molecule has 2 aliphatic rings. The standard InChI is InChI=1S/C20H23NO3.C7H5F3N2O/c1-4-5-19(16-7-9-20(22)21-14(16)3)24-15-6-8-18-17(12-15)13(2)10-11-23-18;8-3-1-5(10)6(2-4(3)9)12-7(11)13/h4-6,8,12-13H,1,7,9-11H2,2-3H3,(H,21,22);1-2H,(H3,11,12,13)/b19-5+;. The summed E-state index contributed by atoms with van der Waals surface area (Å²) in [5.41, 5.74) is 7.19. The highest BCUT2D eigenvalue weighted by atomic mass is 19.2. The van der Waals surface area contributed by atoms with Gasteiger partial charge in [0.25, 0.3) is 0 Å². The van der Waals surface area contributed by atoms with Gasteiger partial charge in [-0.25, -0.2) is 18.0 Å². The van der Waals surface area contributed by atoms with Crippen LogP contribution in [0.5, 0.6) is 11.5 Å². The van der Waals surface area contributed by atoms with Gasteiger partial charge in [0.2, 0.25) is 5.91 Å². The fourth-order valence-corrected chi connectivity index (χ4v) is 3.87. The van der Waals surface area contributed by atoms with Crippen molar-refractivity contribution in [2.45, 2.75) is 39.0 Å². The molecule has 3 amide bonds. The Hall–Kier alpha value is -4.21. The molecule has 2 aromatic rings. The van der Waals surface area contributed by atoms with Crippen molar-refractivity contribution in [2.75, 3.05) is 11.9 Å². The van der Waals surface area contributed by atoms with Gasteiger partial charge in [-0.05, 0) is 50.0 Å². The van der Waals surface area contributed by atoms with Gasteiger partial charge in [-0.2, -0.15) is 0 Å². The van der Waals surface area contributed by atoms with Crippen molar-refractivity contribution in [1.82, 2.24) is 5.32 Å².